The minimum absolute atomic E-state index is 0.00647. The summed E-state index contributed by atoms with van der Waals surface area (Å²) in [4.78, 5) is 45.4. The number of nitrogens with one attached hydrogen (secondary N) is 3. The maximum atomic E-state index is 13.6. The number of nitrogens with zero attached hydrogens (tertiary/aromatic N) is 5. The minimum atomic E-state index is -0.403. The zero-order chi connectivity index (χ0) is 26.3. The maximum Gasteiger partial charge on any atom is 0.245 e. The van der Waals surface area contributed by atoms with Crippen LogP contribution in [0.3, 0.4) is 0 Å². The third-order valence-electron chi connectivity index (χ3n) is 6.84. The number of carbonyl (C=O) groups is 2. The molecule has 4 atom stereocenters. The van der Waals surface area contributed by atoms with Gasteiger partial charge in [0.1, 0.15) is 29.2 Å². The van der Waals surface area contributed by atoms with E-state index in [4.69, 9.17) is 4.98 Å². The first-order valence-electron chi connectivity index (χ1n) is 12.9. The first-order valence-corrected chi connectivity index (χ1v) is 12.9. The van der Waals surface area contributed by atoms with Crippen LogP contribution in [0.5, 0.6) is 0 Å². The lowest BCUT2D eigenvalue weighted by Gasteiger charge is -2.43. The second-order valence-corrected chi connectivity index (χ2v) is 12.2. The number of hydrogen-bond donors (Lipinski definition) is 3. The van der Waals surface area contributed by atoms with Crippen LogP contribution in [0, 0.1) is 0 Å². The third kappa shape index (κ3) is 5.91. The van der Waals surface area contributed by atoms with Gasteiger partial charge >= 0.3 is 0 Å². The Kier molecular flexibility index (Phi) is 7.19. The Morgan fingerprint density at radius 2 is 1.81 bits per heavy atom. The van der Waals surface area contributed by atoms with Crippen molar-refractivity contribution in [1.82, 2.24) is 35.5 Å². The van der Waals surface area contributed by atoms with Crippen LogP contribution in [0.25, 0.3) is 11.0 Å². The lowest BCUT2D eigenvalue weighted by atomic mass is 9.84. The molecule has 36 heavy (non-hydrogen) atoms. The number of amides is 2. The van der Waals surface area contributed by atoms with Gasteiger partial charge < -0.3 is 20.9 Å². The predicted octanol–water partition coefficient (Wildman–Crippen LogP) is 2.54. The lowest BCUT2D eigenvalue weighted by Crippen LogP contribution is -2.59. The molecule has 2 aromatic heterocycles. The van der Waals surface area contributed by atoms with E-state index < -0.39 is 6.04 Å². The molecule has 1 unspecified atom stereocenters. The van der Waals surface area contributed by atoms with E-state index in [9.17, 15) is 9.59 Å². The number of hydrogen-bond acceptors (Lipinski definition) is 8. The second-order valence-electron chi connectivity index (χ2n) is 12.2. The molecule has 4 rings (SSSR count). The molecule has 0 bridgehead atoms. The summed E-state index contributed by atoms with van der Waals surface area (Å²) >= 11 is 0. The van der Waals surface area contributed by atoms with Crippen LogP contribution in [-0.2, 0) is 15.0 Å². The third-order valence-corrected chi connectivity index (χ3v) is 6.84. The summed E-state index contributed by atoms with van der Waals surface area (Å²) in [5.74, 6) is 1.22. The van der Waals surface area contributed by atoms with Crippen LogP contribution in [0.4, 0.5) is 5.82 Å². The highest BCUT2D eigenvalue weighted by Gasteiger charge is 2.42. The highest BCUT2D eigenvalue weighted by molar-refractivity contribution is 5.91. The molecule has 0 radical (unpaired) electrons. The van der Waals surface area contributed by atoms with Gasteiger partial charge in [0, 0.05) is 30.5 Å². The van der Waals surface area contributed by atoms with E-state index in [1.165, 1.54) is 6.33 Å². The van der Waals surface area contributed by atoms with Crippen LogP contribution >= 0.6 is 0 Å². The zero-order valence-electron chi connectivity index (χ0n) is 22.6. The standard InChI is InChI=1S/C26H40N8O2/c1-15(35)30-18-12-16(33-26(5,6)7)8-9-20(18)34-11-10-17(23(34)36)31-22-21-19(28-14-29-22)13-27-24(32-21)25(2,3)4/h13-14,16-18,20,33H,8-12H2,1-7H3,(H,30,35)(H,28,29,31)/t16?,17-,18+,20-/m0/s1. The summed E-state index contributed by atoms with van der Waals surface area (Å²) in [5.41, 5.74) is 1.03. The Balaban J connectivity index is 1.51. The van der Waals surface area contributed by atoms with Gasteiger partial charge in [-0.15, -0.1) is 0 Å². The molecule has 1 saturated carbocycles. The van der Waals surface area contributed by atoms with Crippen LogP contribution in [0.2, 0.25) is 0 Å². The number of carbonyl (C=O) groups excluding carboxylic acids is 2. The molecule has 1 saturated heterocycles. The van der Waals surface area contributed by atoms with E-state index in [0.717, 1.165) is 19.3 Å². The molecule has 3 N–H and O–H groups in total. The van der Waals surface area contributed by atoms with Crippen molar-refractivity contribution in [3.8, 4) is 0 Å². The molecule has 10 nitrogen and oxygen atoms in total. The highest BCUT2D eigenvalue weighted by atomic mass is 16.2. The summed E-state index contributed by atoms with van der Waals surface area (Å²) in [6, 6.07) is -0.211. The normalized spacial score (nSPS) is 25.3. The van der Waals surface area contributed by atoms with Gasteiger partial charge in [-0.2, -0.15) is 0 Å². The van der Waals surface area contributed by atoms with Crippen LogP contribution in [0.15, 0.2) is 12.5 Å². The molecule has 10 heteroatoms. The van der Waals surface area contributed by atoms with Crippen molar-refractivity contribution >= 4 is 28.7 Å². The van der Waals surface area contributed by atoms with Gasteiger partial charge in [-0.05, 0) is 46.5 Å². The molecule has 2 fully saturated rings. The number of aromatic nitrogens is 4. The van der Waals surface area contributed by atoms with Crippen molar-refractivity contribution < 1.29 is 9.59 Å². The zero-order valence-corrected chi connectivity index (χ0v) is 22.6. The van der Waals surface area contributed by atoms with Crippen LogP contribution in [0.1, 0.15) is 80.0 Å². The fourth-order valence-corrected chi connectivity index (χ4v) is 5.34. The quantitative estimate of drug-likeness (QED) is 0.577. The molecule has 2 aromatic rings. The summed E-state index contributed by atoms with van der Waals surface area (Å²) in [5, 5.41) is 10.1. The first kappa shape index (κ1) is 26.2. The lowest BCUT2D eigenvalue weighted by molar-refractivity contribution is -0.132. The molecule has 0 aromatic carbocycles. The number of likely N-dealkylation sites (tertiary alicyclic amines) is 1. The van der Waals surface area contributed by atoms with Crippen molar-refractivity contribution in [2.24, 2.45) is 0 Å². The van der Waals surface area contributed by atoms with Gasteiger partial charge in [0.15, 0.2) is 5.82 Å². The van der Waals surface area contributed by atoms with E-state index in [1.807, 2.05) is 4.90 Å². The number of fused-ring (bicyclic) bond motifs is 1. The van der Waals surface area contributed by atoms with E-state index in [1.54, 1.807) is 13.1 Å². The smallest absolute Gasteiger partial charge is 0.245 e. The molecule has 3 heterocycles. The Hall–Kier alpha value is -2.88. The van der Waals surface area contributed by atoms with Gasteiger partial charge in [0.25, 0.3) is 0 Å². The molecule has 196 valence electrons. The van der Waals surface area contributed by atoms with E-state index in [0.29, 0.717) is 41.7 Å². The topological polar surface area (TPSA) is 125 Å². The number of rotatable bonds is 5. The van der Waals surface area contributed by atoms with Gasteiger partial charge in [0.05, 0.1) is 18.3 Å². The summed E-state index contributed by atoms with van der Waals surface area (Å²) in [6.45, 7) is 14.8. The largest absolute Gasteiger partial charge is 0.356 e. The average Bonchev–Trinajstić information content (AvgIpc) is 3.11. The Morgan fingerprint density at radius 3 is 2.47 bits per heavy atom. The van der Waals surface area contributed by atoms with Crippen molar-refractivity contribution in [1.29, 1.82) is 0 Å². The van der Waals surface area contributed by atoms with Gasteiger partial charge in [0.2, 0.25) is 11.8 Å². The van der Waals surface area contributed by atoms with Gasteiger partial charge in [-0.25, -0.2) is 19.9 Å². The number of anilines is 1. The minimum Gasteiger partial charge on any atom is -0.356 e. The maximum absolute atomic E-state index is 13.6. The molecule has 0 spiro atoms. The van der Waals surface area contributed by atoms with Gasteiger partial charge in [-0.3, -0.25) is 9.59 Å². The molecular weight excluding hydrogens is 456 g/mol. The summed E-state index contributed by atoms with van der Waals surface area (Å²) in [7, 11) is 0. The molecular formula is C26H40N8O2. The van der Waals surface area contributed by atoms with E-state index in [-0.39, 0.29) is 34.9 Å². The summed E-state index contributed by atoms with van der Waals surface area (Å²) in [6.07, 6.45) is 6.44. The predicted molar refractivity (Wildman–Crippen MR) is 139 cm³/mol. The monoisotopic (exact) mass is 496 g/mol. The summed E-state index contributed by atoms with van der Waals surface area (Å²) < 4.78 is 0. The van der Waals surface area contributed by atoms with Crippen LogP contribution < -0.4 is 16.0 Å². The Labute approximate surface area is 213 Å². The SMILES string of the molecule is CC(=O)N[C@@H]1CC(NC(C)(C)C)CC[C@@H]1N1CC[C@H](Nc2ncnc3cnc(C(C)(C)C)nc23)C1=O. The van der Waals surface area contributed by atoms with Crippen LogP contribution in [-0.4, -0.2) is 72.9 Å². The molecule has 2 aliphatic rings. The highest BCUT2D eigenvalue weighted by Crippen LogP contribution is 2.30. The Bertz CT molecular complexity index is 1120. The van der Waals surface area contributed by atoms with E-state index >= 15 is 0 Å². The molecule has 1 aliphatic carbocycles. The molecule has 1 aliphatic heterocycles. The molecule has 2 amide bonds. The average molecular weight is 497 g/mol. The van der Waals surface area contributed by atoms with E-state index in [2.05, 4.69) is 72.4 Å². The van der Waals surface area contributed by atoms with Crippen molar-refractivity contribution in [2.45, 2.75) is 109 Å². The van der Waals surface area contributed by atoms with Crippen molar-refractivity contribution in [3.05, 3.63) is 18.3 Å². The fraction of sp³-hybridized carbons (Fsp3) is 0.692. The first-order chi connectivity index (χ1) is 16.8. The Morgan fingerprint density at radius 1 is 1.06 bits per heavy atom. The van der Waals surface area contributed by atoms with Crippen molar-refractivity contribution in [3.63, 3.8) is 0 Å². The second kappa shape index (κ2) is 9.88. The fourth-order valence-electron chi connectivity index (χ4n) is 5.34. The van der Waals surface area contributed by atoms with Gasteiger partial charge in [-0.1, -0.05) is 20.8 Å². The van der Waals surface area contributed by atoms with Crippen molar-refractivity contribution in [2.75, 3.05) is 11.9 Å².